The fourth-order valence-electron chi connectivity index (χ4n) is 2.78. The van der Waals surface area contributed by atoms with Crippen LogP contribution in [0.2, 0.25) is 0 Å². The van der Waals surface area contributed by atoms with Crippen molar-refractivity contribution in [3.8, 4) is 0 Å². The van der Waals surface area contributed by atoms with Crippen LogP contribution in [0.4, 0.5) is 0 Å². The molecule has 0 aliphatic heterocycles. The van der Waals surface area contributed by atoms with Gasteiger partial charge in [-0.15, -0.1) is 0 Å². The molecule has 0 fully saturated rings. The van der Waals surface area contributed by atoms with Gasteiger partial charge >= 0.3 is 5.97 Å². The number of hydrogen-bond donors (Lipinski definition) is 6. The van der Waals surface area contributed by atoms with Crippen molar-refractivity contribution < 1.29 is 33.9 Å². The molecule has 33 heavy (non-hydrogen) atoms. The number of carbonyl (C=O) groups is 6. The Hall–Kier alpha value is -3.61. The van der Waals surface area contributed by atoms with Crippen LogP contribution >= 0.6 is 11.8 Å². The molecule has 8 N–H and O–H groups in total. The highest BCUT2D eigenvalue weighted by Gasteiger charge is 2.29. The van der Waals surface area contributed by atoms with E-state index in [1.807, 2.05) is 6.26 Å². The third kappa shape index (κ3) is 10.0. The van der Waals surface area contributed by atoms with Crippen molar-refractivity contribution in [1.82, 2.24) is 16.0 Å². The summed E-state index contributed by atoms with van der Waals surface area (Å²) in [5.41, 5.74) is 11.1. The maximum absolute atomic E-state index is 12.8. The Balaban J connectivity index is 3.05. The first-order chi connectivity index (χ1) is 15.5. The zero-order chi connectivity index (χ0) is 25.0. The minimum absolute atomic E-state index is 0.274. The van der Waals surface area contributed by atoms with Crippen molar-refractivity contribution in [3.63, 3.8) is 0 Å². The second kappa shape index (κ2) is 13.7. The van der Waals surface area contributed by atoms with E-state index in [2.05, 4.69) is 16.0 Å². The number of hydrogen-bond acceptors (Lipinski definition) is 7. The minimum atomic E-state index is -1.46. The smallest absolute Gasteiger partial charge is 0.303 e. The van der Waals surface area contributed by atoms with E-state index < -0.39 is 67.0 Å². The maximum Gasteiger partial charge on any atom is 0.303 e. The van der Waals surface area contributed by atoms with Gasteiger partial charge in [-0.25, -0.2) is 0 Å². The molecule has 13 heteroatoms. The molecule has 12 nitrogen and oxygen atoms in total. The van der Waals surface area contributed by atoms with E-state index >= 15 is 0 Å². The van der Waals surface area contributed by atoms with E-state index in [1.165, 1.54) is 11.8 Å². The average Bonchev–Trinajstić information content (AvgIpc) is 2.74. The molecule has 0 spiro atoms. The summed E-state index contributed by atoms with van der Waals surface area (Å²) >= 11 is 1.49. The molecule has 0 bridgehead atoms. The monoisotopic (exact) mass is 481 g/mol. The number of rotatable bonds is 14. The lowest BCUT2D eigenvalue weighted by Gasteiger charge is -2.22. The first kappa shape index (κ1) is 27.4. The van der Waals surface area contributed by atoms with Gasteiger partial charge in [-0.2, -0.15) is 11.8 Å². The van der Waals surface area contributed by atoms with Gasteiger partial charge in [-0.3, -0.25) is 28.8 Å². The predicted molar refractivity (Wildman–Crippen MR) is 120 cm³/mol. The highest BCUT2D eigenvalue weighted by Crippen LogP contribution is 2.15. The molecule has 2 atom stereocenters. The third-order valence-electron chi connectivity index (χ3n) is 4.31. The number of primary amides is 2. The number of thioether (sulfide) groups is 1. The fraction of sp³-hybridized carbons (Fsp3) is 0.400. The second-order valence-electron chi connectivity index (χ2n) is 6.96. The molecule has 5 amide bonds. The lowest BCUT2D eigenvalue weighted by atomic mass is 10.1. The summed E-state index contributed by atoms with van der Waals surface area (Å²) in [7, 11) is 0. The lowest BCUT2D eigenvalue weighted by molar-refractivity contribution is -0.137. The Labute approximate surface area is 194 Å². The molecule has 2 unspecified atom stereocenters. The van der Waals surface area contributed by atoms with E-state index in [1.54, 1.807) is 24.3 Å². The quantitative estimate of drug-likeness (QED) is 0.183. The van der Waals surface area contributed by atoms with E-state index in [-0.39, 0.29) is 6.42 Å². The molecule has 1 rings (SSSR count). The van der Waals surface area contributed by atoms with E-state index in [9.17, 15) is 28.8 Å². The van der Waals surface area contributed by atoms with E-state index in [4.69, 9.17) is 16.6 Å². The van der Waals surface area contributed by atoms with E-state index in [0.717, 1.165) is 5.56 Å². The Morgan fingerprint density at radius 1 is 0.970 bits per heavy atom. The number of aliphatic carboxylic acids is 1. The zero-order valence-corrected chi connectivity index (χ0v) is 18.8. The molecule has 0 aliphatic carbocycles. The van der Waals surface area contributed by atoms with Crippen LogP contribution in [-0.4, -0.2) is 65.5 Å². The van der Waals surface area contributed by atoms with Gasteiger partial charge < -0.3 is 32.5 Å². The Bertz CT molecular complexity index is 909. The number of benzene rings is 1. The standard InChI is InChI=1S/C20H27N5O7S/c1-33-10-11-4-2-3-5-12(11)18(30)24-13(6-7-17(28)29)20(32)25-14(8-15(21)26)19(31)23-9-16(22)27/h2-5,13-14H,6-10H2,1H3,(H2,21,26)(H2,22,27)(H,23,31)(H,24,30)(H,25,32)(H,28,29). The number of carbonyl (C=O) groups excluding carboxylic acids is 5. The number of nitrogens with one attached hydrogen (secondary N) is 3. The van der Waals surface area contributed by atoms with Gasteiger partial charge in [0.2, 0.25) is 23.6 Å². The van der Waals surface area contributed by atoms with Crippen molar-refractivity contribution >= 4 is 47.3 Å². The molecule has 1 aromatic carbocycles. The molecule has 0 heterocycles. The van der Waals surface area contributed by atoms with Crippen molar-refractivity contribution in [2.75, 3.05) is 12.8 Å². The molecule has 0 saturated carbocycles. The summed E-state index contributed by atoms with van der Waals surface area (Å²) in [6.07, 6.45) is 0.551. The lowest BCUT2D eigenvalue weighted by Crippen LogP contribution is -2.55. The highest BCUT2D eigenvalue weighted by molar-refractivity contribution is 7.97. The minimum Gasteiger partial charge on any atom is -0.481 e. The predicted octanol–water partition coefficient (Wildman–Crippen LogP) is -1.53. The molecule has 0 aromatic heterocycles. The topological polar surface area (TPSA) is 211 Å². The molecule has 180 valence electrons. The Morgan fingerprint density at radius 2 is 1.64 bits per heavy atom. The SMILES string of the molecule is CSCc1ccccc1C(=O)NC(CCC(=O)O)C(=O)NC(CC(N)=O)C(=O)NCC(N)=O. The molecule has 0 aliphatic rings. The van der Waals surface area contributed by atoms with Gasteiger partial charge in [0, 0.05) is 17.7 Å². The van der Waals surface area contributed by atoms with Crippen LogP contribution in [0, 0.1) is 0 Å². The van der Waals surface area contributed by atoms with Crippen molar-refractivity contribution in [2.45, 2.75) is 37.1 Å². The normalized spacial score (nSPS) is 12.2. The summed E-state index contributed by atoms with van der Waals surface area (Å²) in [4.78, 5) is 71.1. The van der Waals surface area contributed by atoms with Crippen LogP contribution in [-0.2, 0) is 29.7 Å². The first-order valence-electron chi connectivity index (χ1n) is 9.79. The van der Waals surface area contributed by atoms with Gasteiger partial charge in [-0.05, 0) is 24.3 Å². The Kier molecular flexibility index (Phi) is 11.4. The molecule has 1 aromatic rings. The number of carboxylic acids is 1. The van der Waals surface area contributed by atoms with Crippen molar-refractivity contribution in [3.05, 3.63) is 35.4 Å². The maximum atomic E-state index is 12.8. The van der Waals surface area contributed by atoms with Gasteiger partial charge in [0.1, 0.15) is 12.1 Å². The van der Waals surface area contributed by atoms with Gasteiger partial charge in [0.25, 0.3) is 5.91 Å². The van der Waals surface area contributed by atoms with Crippen LogP contribution in [0.25, 0.3) is 0 Å². The largest absolute Gasteiger partial charge is 0.481 e. The average molecular weight is 482 g/mol. The summed E-state index contributed by atoms with van der Waals surface area (Å²) in [5, 5.41) is 15.9. The first-order valence-corrected chi connectivity index (χ1v) is 11.2. The molecular formula is C20H27N5O7S. The highest BCUT2D eigenvalue weighted by atomic mass is 32.2. The van der Waals surface area contributed by atoms with Crippen LogP contribution in [0.3, 0.4) is 0 Å². The summed E-state index contributed by atoms with van der Waals surface area (Å²) < 4.78 is 0. The van der Waals surface area contributed by atoms with Gasteiger partial charge in [-0.1, -0.05) is 18.2 Å². The van der Waals surface area contributed by atoms with Crippen LogP contribution in [0.1, 0.15) is 35.2 Å². The molecule has 0 radical (unpaired) electrons. The summed E-state index contributed by atoms with van der Waals surface area (Å²) in [5.74, 6) is -4.81. The van der Waals surface area contributed by atoms with Crippen molar-refractivity contribution in [2.24, 2.45) is 11.5 Å². The third-order valence-corrected chi connectivity index (χ3v) is 4.91. The second-order valence-corrected chi connectivity index (χ2v) is 7.83. The zero-order valence-electron chi connectivity index (χ0n) is 18.0. The Morgan fingerprint density at radius 3 is 2.21 bits per heavy atom. The van der Waals surface area contributed by atoms with Crippen LogP contribution in [0.15, 0.2) is 24.3 Å². The van der Waals surface area contributed by atoms with Crippen molar-refractivity contribution in [1.29, 1.82) is 0 Å². The van der Waals surface area contributed by atoms with Crippen LogP contribution < -0.4 is 27.4 Å². The molecule has 0 saturated heterocycles. The van der Waals surface area contributed by atoms with E-state index in [0.29, 0.717) is 11.3 Å². The number of nitrogens with two attached hydrogens (primary N) is 2. The number of carboxylic acid groups (broad SMARTS) is 1. The summed E-state index contributed by atoms with van der Waals surface area (Å²) in [6, 6.07) is 3.95. The summed E-state index contributed by atoms with van der Waals surface area (Å²) in [6.45, 7) is -0.532. The molecular weight excluding hydrogens is 454 g/mol. The van der Waals surface area contributed by atoms with Gasteiger partial charge in [0.15, 0.2) is 0 Å². The van der Waals surface area contributed by atoms with Crippen LogP contribution in [0.5, 0.6) is 0 Å². The fourth-order valence-corrected chi connectivity index (χ4v) is 3.34. The van der Waals surface area contributed by atoms with Gasteiger partial charge in [0.05, 0.1) is 13.0 Å². The number of amides is 5.